The fraction of sp³-hybridized carbons (Fsp3) is 0.400. The predicted molar refractivity (Wildman–Crippen MR) is 78.4 cm³/mol. The number of rotatable bonds is 5. The van der Waals surface area contributed by atoms with Crippen LogP contribution in [0.2, 0.25) is 0 Å². The highest BCUT2D eigenvalue weighted by atomic mass is 16.4. The van der Waals surface area contributed by atoms with Crippen molar-refractivity contribution in [1.82, 2.24) is 14.3 Å². The molecule has 2 aromatic rings. The van der Waals surface area contributed by atoms with Crippen LogP contribution < -0.4 is 0 Å². The minimum Gasteiger partial charge on any atom is -0.481 e. The van der Waals surface area contributed by atoms with E-state index in [1.54, 1.807) is 13.1 Å². The lowest BCUT2D eigenvalue weighted by atomic mass is 10.2. The molecule has 0 aliphatic heterocycles. The number of amides is 1. The van der Waals surface area contributed by atoms with E-state index in [1.807, 2.05) is 36.4 Å². The summed E-state index contributed by atoms with van der Waals surface area (Å²) < 4.78 is 1.85. The first-order valence-corrected chi connectivity index (χ1v) is 6.91. The maximum atomic E-state index is 12.5. The van der Waals surface area contributed by atoms with Crippen molar-refractivity contribution in [2.75, 3.05) is 6.54 Å². The molecule has 1 unspecified atom stereocenters. The standard InChI is InChI=1S/C15H19N3O3/c1-4-17(11(3)8-14(19)20)15(21)12-9-18-10(2)6-5-7-13(18)16-12/h5-7,9,11H,4,8H2,1-3H3,(H,19,20). The monoisotopic (exact) mass is 289 g/mol. The third-order valence-corrected chi connectivity index (χ3v) is 3.52. The largest absolute Gasteiger partial charge is 0.481 e. The van der Waals surface area contributed by atoms with Crippen LogP contribution >= 0.6 is 0 Å². The maximum Gasteiger partial charge on any atom is 0.305 e. The smallest absolute Gasteiger partial charge is 0.305 e. The zero-order valence-corrected chi connectivity index (χ0v) is 12.4. The van der Waals surface area contributed by atoms with Gasteiger partial charge in [0.25, 0.3) is 5.91 Å². The molecule has 0 radical (unpaired) electrons. The molecule has 0 saturated carbocycles. The van der Waals surface area contributed by atoms with Crippen LogP contribution in [0.15, 0.2) is 24.4 Å². The first-order valence-electron chi connectivity index (χ1n) is 6.91. The van der Waals surface area contributed by atoms with E-state index in [1.165, 1.54) is 4.90 Å². The maximum absolute atomic E-state index is 12.5. The van der Waals surface area contributed by atoms with E-state index in [9.17, 15) is 9.59 Å². The van der Waals surface area contributed by atoms with Gasteiger partial charge in [-0.3, -0.25) is 9.59 Å². The molecule has 2 aromatic heterocycles. The number of carbonyl (C=O) groups is 2. The molecular formula is C15H19N3O3. The summed E-state index contributed by atoms with van der Waals surface area (Å²) in [4.78, 5) is 29.2. The lowest BCUT2D eigenvalue weighted by Crippen LogP contribution is -2.39. The van der Waals surface area contributed by atoms with Crippen LogP contribution in [0.3, 0.4) is 0 Å². The molecule has 1 atom stereocenters. The molecule has 112 valence electrons. The Morgan fingerprint density at radius 3 is 2.71 bits per heavy atom. The van der Waals surface area contributed by atoms with Crippen molar-refractivity contribution < 1.29 is 14.7 Å². The van der Waals surface area contributed by atoms with Crippen molar-refractivity contribution in [2.45, 2.75) is 33.2 Å². The van der Waals surface area contributed by atoms with E-state index in [2.05, 4.69) is 4.98 Å². The van der Waals surface area contributed by atoms with Gasteiger partial charge in [0.15, 0.2) is 0 Å². The average Bonchev–Trinajstić information content (AvgIpc) is 2.84. The third kappa shape index (κ3) is 3.04. The van der Waals surface area contributed by atoms with Gasteiger partial charge in [0.2, 0.25) is 0 Å². The van der Waals surface area contributed by atoms with Crippen molar-refractivity contribution in [1.29, 1.82) is 0 Å². The SMILES string of the molecule is CCN(C(=O)c1cn2c(C)cccc2n1)C(C)CC(=O)O. The molecule has 6 nitrogen and oxygen atoms in total. The van der Waals surface area contributed by atoms with Crippen molar-refractivity contribution >= 4 is 17.5 Å². The molecule has 0 saturated heterocycles. The number of carboxylic acid groups (broad SMARTS) is 1. The average molecular weight is 289 g/mol. The number of aromatic nitrogens is 2. The molecule has 0 aliphatic rings. The molecular weight excluding hydrogens is 270 g/mol. The van der Waals surface area contributed by atoms with Gasteiger partial charge in [-0.1, -0.05) is 6.07 Å². The fourth-order valence-electron chi connectivity index (χ4n) is 2.42. The molecule has 0 aliphatic carbocycles. The van der Waals surface area contributed by atoms with E-state index in [0.29, 0.717) is 17.9 Å². The number of fused-ring (bicyclic) bond motifs is 1. The van der Waals surface area contributed by atoms with E-state index in [-0.39, 0.29) is 18.4 Å². The number of aliphatic carboxylic acids is 1. The van der Waals surface area contributed by atoms with Crippen molar-refractivity contribution in [2.24, 2.45) is 0 Å². The van der Waals surface area contributed by atoms with Gasteiger partial charge in [0.1, 0.15) is 11.3 Å². The predicted octanol–water partition coefficient (Wildman–Crippen LogP) is 1.97. The Labute approximate surface area is 123 Å². The zero-order valence-electron chi connectivity index (χ0n) is 12.4. The molecule has 0 bridgehead atoms. The normalized spacial score (nSPS) is 12.3. The highest BCUT2D eigenvalue weighted by Crippen LogP contribution is 2.13. The molecule has 6 heteroatoms. The van der Waals surface area contributed by atoms with E-state index in [4.69, 9.17) is 5.11 Å². The van der Waals surface area contributed by atoms with Gasteiger partial charge in [-0.25, -0.2) is 4.98 Å². The topological polar surface area (TPSA) is 74.9 Å². The van der Waals surface area contributed by atoms with Gasteiger partial charge in [0.05, 0.1) is 6.42 Å². The minimum atomic E-state index is -0.917. The number of aryl methyl sites for hydroxylation is 1. The van der Waals surface area contributed by atoms with Crippen LogP contribution in [0.5, 0.6) is 0 Å². The summed E-state index contributed by atoms with van der Waals surface area (Å²) in [6.45, 7) is 5.95. The van der Waals surface area contributed by atoms with Crippen molar-refractivity contribution in [3.05, 3.63) is 35.8 Å². The lowest BCUT2D eigenvalue weighted by Gasteiger charge is -2.26. The summed E-state index contributed by atoms with van der Waals surface area (Å²) in [6.07, 6.45) is 1.62. The van der Waals surface area contributed by atoms with Gasteiger partial charge in [-0.15, -0.1) is 0 Å². The Kier molecular flexibility index (Phi) is 4.26. The van der Waals surface area contributed by atoms with E-state index in [0.717, 1.165) is 5.69 Å². The third-order valence-electron chi connectivity index (χ3n) is 3.52. The summed E-state index contributed by atoms with van der Waals surface area (Å²) in [5.74, 6) is -1.16. The molecule has 2 heterocycles. The molecule has 2 rings (SSSR count). The number of carbonyl (C=O) groups excluding carboxylic acids is 1. The summed E-state index contributed by atoms with van der Waals surface area (Å²) >= 11 is 0. The van der Waals surface area contributed by atoms with Crippen LogP contribution in [0.1, 0.15) is 36.5 Å². The summed E-state index contributed by atoms with van der Waals surface area (Å²) in [5.41, 5.74) is 2.03. The zero-order chi connectivity index (χ0) is 15.6. The van der Waals surface area contributed by atoms with Gasteiger partial charge >= 0.3 is 5.97 Å². The number of hydrogen-bond acceptors (Lipinski definition) is 3. The Balaban J connectivity index is 2.31. The number of imidazole rings is 1. The molecule has 0 fully saturated rings. The summed E-state index contributed by atoms with van der Waals surface area (Å²) in [6, 6.07) is 5.29. The van der Waals surface area contributed by atoms with E-state index >= 15 is 0 Å². The van der Waals surface area contributed by atoms with Gasteiger partial charge in [-0.2, -0.15) is 0 Å². The molecule has 1 N–H and O–H groups in total. The highest BCUT2D eigenvalue weighted by Gasteiger charge is 2.24. The molecule has 1 amide bonds. The first-order chi connectivity index (χ1) is 9.93. The summed E-state index contributed by atoms with van der Waals surface area (Å²) in [7, 11) is 0. The lowest BCUT2D eigenvalue weighted by molar-refractivity contribution is -0.138. The van der Waals surface area contributed by atoms with Gasteiger partial charge in [-0.05, 0) is 32.9 Å². The number of hydrogen-bond donors (Lipinski definition) is 1. The Hall–Kier alpha value is -2.37. The summed E-state index contributed by atoms with van der Waals surface area (Å²) in [5, 5.41) is 8.87. The molecule has 0 spiro atoms. The van der Waals surface area contributed by atoms with Crippen LogP contribution in [0, 0.1) is 6.92 Å². The highest BCUT2D eigenvalue weighted by molar-refractivity contribution is 5.93. The van der Waals surface area contributed by atoms with E-state index < -0.39 is 5.97 Å². The quantitative estimate of drug-likeness (QED) is 0.913. The molecule has 21 heavy (non-hydrogen) atoms. The second kappa shape index (κ2) is 5.95. The Morgan fingerprint density at radius 1 is 1.43 bits per heavy atom. The van der Waals surface area contributed by atoms with Crippen molar-refractivity contribution in [3.8, 4) is 0 Å². The van der Waals surface area contributed by atoms with Crippen LogP contribution in [0.25, 0.3) is 5.65 Å². The second-order valence-corrected chi connectivity index (χ2v) is 5.06. The molecule has 0 aromatic carbocycles. The minimum absolute atomic E-state index is 0.0774. The van der Waals surface area contributed by atoms with Crippen LogP contribution in [0.4, 0.5) is 0 Å². The van der Waals surface area contributed by atoms with Gasteiger partial charge in [0, 0.05) is 24.5 Å². The second-order valence-electron chi connectivity index (χ2n) is 5.06. The first kappa shape index (κ1) is 15.0. The number of carboxylic acids is 1. The van der Waals surface area contributed by atoms with Crippen molar-refractivity contribution in [3.63, 3.8) is 0 Å². The number of pyridine rings is 1. The number of nitrogens with zero attached hydrogens (tertiary/aromatic N) is 3. The van der Waals surface area contributed by atoms with Gasteiger partial charge < -0.3 is 14.4 Å². The Morgan fingerprint density at radius 2 is 2.14 bits per heavy atom. The van der Waals surface area contributed by atoms with Crippen LogP contribution in [-0.4, -0.2) is 43.9 Å². The fourth-order valence-corrected chi connectivity index (χ4v) is 2.42. The Bertz CT molecular complexity index is 678. The van der Waals surface area contributed by atoms with Crippen LogP contribution in [-0.2, 0) is 4.79 Å².